The van der Waals surface area contributed by atoms with Gasteiger partial charge in [-0.15, -0.1) is 0 Å². The minimum atomic E-state index is -0.244. The minimum absolute atomic E-state index is 0.00480. The smallest absolute Gasteiger partial charge is 0.308 e. The molecule has 0 aromatic rings. The number of unbranched alkanes of at least 4 members (excludes halogenated alkanes) is 17. The molecule has 1 N–H and O–H groups in total. The van der Waals surface area contributed by atoms with Crippen molar-refractivity contribution in [3.05, 3.63) is 0 Å². The van der Waals surface area contributed by atoms with Crippen LogP contribution in [0.5, 0.6) is 0 Å². The molecular weight excluding hydrogens is 617 g/mol. The average Bonchev–Trinajstić information content (AvgIpc) is 3.08. The second-order valence-electron chi connectivity index (χ2n) is 15.2. The Morgan fingerprint density at radius 3 is 1.53 bits per heavy atom. The molecule has 2 unspecified atom stereocenters. The van der Waals surface area contributed by atoms with E-state index in [1.165, 1.54) is 44.9 Å². The molecule has 7 heteroatoms. The minimum Gasteiger partial charge on any atom is -0.465 e. The van der Waals surface area contributed by atoms with Crippen molar-refractivity contribution < 1.29 is 28.6 Å². The van der Waals surface area contributed by atoms with Gasteiger partial charge in [0.2, 0.25) is 0 Å². The Hall–Kier alpha value is -1.21. The predicted octanol–water partition coefficient (Wildman–Crippen LogP) is 11.4. The summed E-state index contributed by atoms with van der Waals surface area (Å²) in [7, 11) is 0. The van der Waals surface area contributed by atoms with Gasteiger partial charge in [0, 0.05) is 6.54 Å². The summed E-state index contributed by atoms with van der Waals surface area (Å²) in [6.07, 6.45) is 28.2. The maximum absolute atomic E-state index is 12.6. The third-order valence-corrected chi connectivity index (χ3v) is 9.89. The number of aliphatic hydroxyl groups is 1. The van der Waals surface area contributed by atoms with Crippen LogP contribution >= 0.6 is 0 Å². The molecule has 6 nitrogen and oxygen atoms in total. The summed E-state index contributed by atoms with van der Waals surface area (Å²) in [5.41, 5.74) is 0. The number of nitrogens with zero attached hydrogens (tertiary/aromatic N) is 1. The molecule has 0 heterocycles. The lowest BCUT2D eigenvalue weighted by atomic mass is 9.95. The Morgan fingerprint density at radius 1 is 0.551 bits per heavy atom. The number of carbonyl (C=O) groups excluding carboxylic acids is 2. The van der Waals surface area contributed by atoms with Crippen LogP contribution < -0.4 is 0 Å². The zero-order valence-corrected chi connectivity index (χ0v) is 33.0. The van der Waals surface area contributed by atoms with Gasteiger partial charge in [0.25, 0.3) is 0 Å². The average molecular weight is 700 g/mol. The number of ether oxygens (including phenoxy) is 2. The molecule has 0 radical (unpaired) electrons. The molecule has 0 saturated carbocycles. The molecule has 0 aliphatic carbocycles. The molecule has 292 valence electrons. The second kappa shape index (κ2) is 36.6. The van der Waals surface area contributed by atoms with Gasteiger partial charge in [0.05, 0.1) is 38.3 Å². The Morgan fingerprint density at radius 2 is 1.00 bits per heavy atom. The van der Waals surface area contributed by atoms with Gasteiger partial charge in [-0.25, -0.2) is 0 Å². The molecule has 0 fully saturated rings. The van der Waals surface area contributed by atoms with Crippen molar-refractivity contribution in [1.29, 1.82) is 0 Å². The maximum atomic E-state index is 12.6. The third kappa shape index (κ3) is 32.4. The van der Waals surface area contributed by atoms with E-state index in [0.717, 1.165) is 141 Å². The first-order valence-electron chi connectivity index (χ1n) is 21.1. The van der Waals surface area contributed by atoms with E-state index in [0.29, 0.717) is 19.6 Å². The maximum Gasteiger partial charge on any atom is 0.308 e. The summed E-state index contributed by atoms with van der Waals surface area (Å²) < 4.78 is 23.5. The van der Waals surface area contributed by atoms with Crippen molar-refractivity contribution in [3.63, 3.8) is 0 Å². The number of aliphatic hydroxyl groups excluding tert-OH is 1. The first-order chi connectivity index (χ1) is 23.8. The molecule has 0 saturated heterocycles. The number of halogens is 1. The molecule has 0 aliphatic rings. The number of hydrogen-bond donors (Lipinski definition) is 1. The lowest BCUT2D eigenvalue weighted by molar-refractivity contribution is -0.149. The van der Waals surface area contributed by atoms with E-state index >= 15 is 0 Å². The lowest BCUT2D eigenvalue weighted by Crippen LogP contribution is -2.29. The fourth-order valence-electron chi connectivity index (χ4n) is 6.52. The normalized spacial score (nSPS) is 12.9. The van der Waals surface area contributed by atoms with Crippen LogP contribution in [-0.2, 0) is 19.1 Å². The van der Waals surface area contributed by atoms with Crippen molar-refractivity contribution in [1.82, 2.24) is 4.90 Å². The quantitative estimate of drug-likeness (QED) is 0.0511. The van der Waals surface area contributed by atoms with E-state index in [4.69, 9.17) is 9.47 Å². The highest BCUT2D eigenvalue weighted by Gasteiger charge is 2.19. The molecule has 0 aromatic heterocycles. The fraction of sp³-hybridized carbons (Fsp3) is 0.952. The molecule has 2 atom stereocenters. The van der Waals surface area contributed by atoms with Gasteiger partial charge in [-0.1, -0.05) is 143 Å². The Bertz CT molecular complexity index is 721. The number of alkyl halides is 1. The van der Waals surface area contributed by atoms with Gasteiger partial charge in [0.15, 0.2) is 0 Å². The van der Waals surface area contributed by atoms with Crippen LogP contribution in [0.1, 0.15) is 195 Å². The van der Waals surface area contributed by atoms with E-state index in [9.17, 15) is 19.1 Å². The molecule has 0 aliphatic heterocycles. The SMILES string of the molecule is CCCCC(CCCCCCF)C(=O)OCCCCCCCCN(CCO)CCCCCCC(C)C(=O)OCCCCCCCCC(C)C. The van der Waals surface area contributed by atoms with Crippen LogP contribution in [0.3, 0.4) is 0 Å². The van der Waals surface area contributed by atoms with Gasteiger partial charge >= 0.3 is 11.9 Å². The van der Waals surface area contributed by atoms with Gasteiger partial charge in [-0.2, -0.15) is 0 Å². The first-order valence-corrected chi connectivity index (χ1v) is 21.1. The first kappa shape index (κ1) is 47.8. The summed E-state index contributed by atoms with van der Waals surface area (Å²) in [6.45, 7) is 12.6. The van der Waals surface area contributed by atoms with Gasteiger partial charge in [0.1, 0.15) is 0 Å². The number of rotatable bonds is 38. The Balaban J connectivity index is 3.82. The standard InChI is InChI=1S/C42H82FNO5/c1-5-6-29-40(30-21-12-14-22-31-43)42(47)49-37-26-18-10-8-15-23-32-44(34-35-45)33-24-16-13-20-28-39(4)41(46)48-36-25-17-9-7-11-19-27-38(2)3/h38-40,45H,5-37H2,1-4H3. The van der Waals surface area contributed by atoms with Gasteiger partial charge in [-0.3, -0.25) is 14.0 Å². The Labute approximate surface area is 303 Å². The van der Waals surface area contributed by atoms with E-state index in [-0.39, 0.29) is 37.1 Å². The number of carbonyl (C=O) groups is 2. The van der Waals surface area contributed by atoms with Crippen LogP contribution in [0.4, 0.5) is 4.39 Å². The van der Waals surface area contributed by atoms with Crippen LogP contribution in [0, 0.1) is 17.8 Å². The van der Waals surface area contributed by atoms with E-state index in [1.54, 1.807) is 0 Å². The number of hydrogen-bond acceptors (Lipinski definition) is 6. The summed E-state index contributed by atoms with van der Waals surface area (Å²) >= 11 is 0. The van der Waals surface area contributed by atoms with Crippen molar-refractivity contribution in [3.8, 4) is 0 Å². The van der Waals surface area contributed by atoms with Crippen LogP contribution in [0.2, 0.25) is 0 Å². The molecular formula is C42H82FNO5. The van der Waals surface area contributed by atoms with E-state index in [1.807, 2.05) is 6.92 Å². The van der Waals surface area contributed by atoms with Crippen molar-refractivity contribution in [2.24, 2.45) is 17.8 Å². The molecule has 0 aromatic carbocycles. The summed E-state index contributed by atoms with van der Waals surface area (Å²) in [4.78, 5) is 27.3. The van der Waals surface area contributed by atoms with E-state index in [2.05, 4.69) is 25.7 Å². The third-order valence-electron chi connectivity index (χ3n) is 9.89. The largest absolute Gasteiger partial charge is 0.465 e. The lowest BCUT2D eigenvalue weighted by Gasteiger charge is -2.21. The number of esters is 2. The van der Waals surface area contributed by atoms with Crippen molar-refractivity contribution in [2.75, 3.05) is 46.1 Å². The van der Waals surface area contributed by atoms with Crippen LogP contribution in [0.15, 0.2) is 0 Å². The second-order valence-corrected chi connectivity index (χ2v) is 15.2. The molecule has 0 bridgehead atoms. The topological polar surface area (TPSA) is 76.1 Å². The van der Waals surface area contributed by atoms with Gasteiger partial charge < -0.3 is 19.5 Å². The monoisotopic (exact) mass is 700 g/mol. The zero-order valence-electron chi connectivity index (χ0n) is 33.0. The summed E-state index contributed by atoms with van der Waals surface area (Å²) in [6, 6.07) is 0. The van der Waals surface area contributed by atoms with Crippen molar-refractivity contribution in [2.45, 2.75) is 195 Å². The molecule has 0 spiro atoms. The zero-order chi connectivity index (χ0) is 36.2. The highest BCUT2D eigenvalue weighted by molar-refractivity contribution is 5.72. The Kier molecular flexibility index (Phi) is 35.7. The summed E-state index contributed by atoms with van der Waals surface area (Å²) in [5.74, 6) is 0.735. The van der Waals surface area contributed by atoms with Crippen molar-refractivity contribution >= 4 is 11.9 Å². The molecule has 0 rings (SSSR count). The fourth-order valence-corrected chi connectivity index (χ4v) is 6.52. The predicted molar refractivity (Wildman–Crippen MR) is 205 cm³/mol. The molecule has 0 amide bonds. The van der Waals surface area contributed by atoms with Crippen LogP contribution in [-0.4, -0.2) is 68.1 Å². The highest BCUT2D eigenvalue weighted by atomic mass is 19.1. The van der Waals surface area contributed by atoms with Crippen LogP contribution in [0.25, 0.3) is 0 Å². The highest BCUT2D eigenvalue weighted by Crippen LogP contribution is 2.20. The van der Waals surface area contributed by atoms with E-state index < -0.39 is 0 Å². The summed E-state index contributed by atoms with van der Waals surface area (Å²) in [5, 5.41) is 9.52. The molecule has 49 heavy (non-hydrogen) atoms. The van der Waals surface area contributed by atoms with Gasteiger partial charge in [-0.05, 0) is 70.4 Å².